The van der Waals surface area contributed by atoms with Crippen LogP contribution in [0.15, 0.2) is 41.5 Å². The van der Waals surface area contributed by atoms with Gasteiger partial charge in [0.1, 0.15) is 29.8 Å². The molecule has 0 aliphatic carbocycles. The quantitative estimate of drug-likeness (QED) is 0.537. The highest BCUT2D eigenvalue weighted by Crippen LogP contribution is 2.21. The lowest BCUT2D eigenvalue weighted by Crippen LogP contribution is -2.48. The highest BCUT2D eigenvalue weighted by atomic mass is 19.1. The number of piperazine rings is 1. The van der Waals surface area contributed by atoms with Crippen LogP contribution in [-0.4, -0.2) is 64.4 Å². The molecule has 0 radical (unpaired) electrons. The van der Waals surface area contributed by atoms with E-state index in [1.807, 2.05) is 6.07 Å². The molecule has 2 aromatic carbocycles. The van der Waals surface area contributed by atoms with Gasteiger partial charge in [-0.25, -0.2) is 13.8 Å². The number of halogens is 2. The molecule has 1 saturated heterocycles. The van der Waals surface area contributed by atoms with Gasteiger partial charge < -0.3 is 14.7 Å². The second-order valence-corrected chi connectivity index (χ2v) is 8.67. The number of benzene rings is 2. The first kappa shape index (κ1) is 24.8. The third-order valence-electron chi connectivity index (χ3n) is 6.26. The van der Waals surface area contributed by atoms with E-state index in [0.717, 1.165) is 17.8 Å². The van der Waals surface area contributed by atoms with Crippen LogP contribution in [0.4, 0.5) is 14.5 Å². The SMILES string of the molecule is CC(=O)N1CCN(c2ccc3ncn(CC(=O)N(C)Cc4cc(F)c(C#N)c(F)c4)c(=O)c3c2)CC1. The van der Waals surface area contributed by atoms with Crippen molar-refractivity contribution in [1.29, 1.82) is 5.26 Å². The number of nitrogens with zero attached hydrogens (tertiary/aromatic N) is 6. The molecule has 0 unspecified atom stereocenters. The van der Waals surface area contributed by atoms with Gasteiger partial charge in [-0.05, 0) is 35.9 Å². The van der Waals surface area contributed by atoms with Crippen LogP contribution in [0.2, 0.25) is 0 Å². The molecule has 0 spiro atoms. The summed E-state index contributed by atoms with van der Waals surface area (Å²) in [5.41, 5.74) is 0.434. The van der Waals surface area contributed by atoms with E-state index in [0.29, 0.717) is 37.1 Å². The van der Waals surface area contributed by atoms with Crippen molar-refractivity contribution in [1.82, 2.24) is 19.4 Å². The van der Waals surface area contributed by atoms with Gasteiger partial charge in [0.25, 0.3) is 5.56 Å². The molecule has 3 aromatic rings. The predicted octanol–water partition coefficient (Wildman–Crippen LogP) is 1.87. The normalized spacial score (nSPS) is 13.5. The number of rotatable bonds is 5. The molecular formula is C25H24F2N6O3. The van der Waals surface area contributed by atoms with E-state index in [1.165, 1.54) is 28.9 Å². The van der Waals surface area contributed by atoms with Gasteiger partial charge in [0.15, 0.2) is 0 Å². The van der Waals surface area contributed by atoms with Crippen molar-refractivity contribution in [3.05, 3.63) is 69.8 Å². The summed E-state index contributed by atoms with van der Waals surface area (Å²) >= 11 is 0. The molecule has 2 heterocycles. The highest BCUT2D eigenvalue weighted by Gasteiger charge is 2.20. The number of carbonyl (C=O) groups excluding carboxylic acids is 2. The maximum Gasteiger partial charge on any atom is 0.261 e. The Morgan fingerprint density at radius 2 is 1.78 bits per heavy atom. The number of fused-ring (bicyclic) bond motifs is 1. The fraction of sp³-hybridized carbons (Fsp3) is 0.320. The molecule has 0 atom stereocenters. The van der Waals surface area contributed by atoms with Gasteiger partial charge in [-0.3, -0.25) is 19.0 Å². The number of nitriles is 1. The van der Waals surface area contributed by atoms with Crippen LogP contribution in [0.5, 0.6) is 0 Å². The van der Waals surface area contributed by atoms with Gasteiger partial charge in [-0.15, -0.1) is 0 Å². The van der Waals surface area contributed by atoms with Crippen LogP contribution in [0.1, 0.15) is 18.1 Å². The predicted molar refractivity (Wildman–Crippen MR) is 128 cm³/mol. The Morgan fingerprint density at radius 1 is 1.11 bits per heavy atom. The van der Waals surface area contributed by atoms with Crippen molar-refractivity contribution in [2.24, 2.45) is 0 Å². The Hall–Kier alpha value is -4.33. The molecule has 1 aliphatic rings. The Labute approximate surface area is 205 Å². The lowest BCUT2D eigenvalue weighted by atomic mass is 10.1. The zero-order chi connectivity index (χ0) is 26.0. The van der Waals surface area contributed by atoms with Crippen molar-refractivity contribution in [2.75, 3.05) is 38.1 Å². The summed E-state index contributed by atoms with van der Waals surface area (Å²) in [5, 5.41) is 9.15. The monoisotopic (exact) mass is 494 g/mol. The third-order valence-corrected chi connectivity index (χ3v) is 6.26. The molecule has 11 heteroatoms. The summed E-state index contributed by atoms with van der Waals surface area (Å²) in [7, 11) is 1.45. The van der Waals surface area contributed by atoms with Crippen molar-refractivity contribution in [3.8, 4) is 6.07 Å². The van der Waals surface area contributed by atoms with E-state index in [4.69, 9.17) is 5.26 Å². The van der Waals surface area contributed by atoms with Gasteiger partial charge >= 0.3 is 0 Å². The second-order valence-electron chi connectivity index (χ2n) is 8.67. The van der Waals surface area contributed by atoms with E-state index in [2.05, 4.69) is 9.88 Å². The minimum atomic E-state index is -0.998. The van der Waals surface area contributed by atoms with E-state index in [9.17, 15) is 23.2 Å². The minimum Gasteiger partial charge on any atom is -0.368 e. The lowest BCUT2D eigenvalue weighted by molar-refractivity contribution is -0.131. The molecule has 1 aliphatic heterocycles. The van der Waals surface area contributed by atoms with E-state index in [-0.39, 0.29) is 30.1 Å². The molecule has 1 fully saturated rings. The Morgan fingerprint density at radius 3 is 2.39 bits per heavy atom. The third kappa shape index (κ3) is 5.02. The summed E-state index contributed by atoms with van der Waals surface area (Å²) < 4.78 is 29.0. The van der Waals surface area contributed by atoms with E-state index in [1.54, 1.807) is 24.0 Å². The zero-order valence-electron chi connectivity index (χ0n) is 19.9. The number of aromatic nitrogens is 2. The summed E-state index contributed by atoms with van der Waals surface area (Å²) in [4.78, 5) is 46.9. The van der Waals surface area contributed by atoms with Gasteiger partial charge in [0.05, 0.1) is 17.2 Å². The van der Waals surface area contributed by atoms with Crippen LogP contribution in [0.25, 0.3) is 10.9 Å². The van der Waals surface area contributed by atoms with Crippen LogP contribution in [0, 0.1) is 23.0 Å². The fourth-order valence-corrected chi connectivity index (χ4v) is 4.19. The molecule has 186 valence electrons. The minimum absolute atomic E-state index is 0.0318. The Balaban J connectivity index is 1.50. The molecule has 0 bridgehead atoms. The van der Waals surface area contributed by atoms with Crippen LogP contribution in [0.3, 0.4) is 0 Å². The number of amides is 2. The summed E-state index contributed by atoms with van der Waals surface area (Å²) in [6.07, 6.45) is 1.29. The molecule has 1 aromatic heterocycles. The molecule has 36 heavy (non-hydrogen) atoms. The average molecular weight is 495 g/mol. The van der Waals surface area contributed by atoms with E-state index >= 15 is 0 Å². The van der Waals surface area contributed by atoms with Gasteiger partial charge in [0.2, 0.25) is 11.8 Å². The molecule has 9 nitrogen and oxygen atoms in total. The van der Waals surface area contributed by atoms with Gasteiger partial charge in [0, 0.05) is 52.4 Å². The summed E-state index contributed by atoms with van der Waals surface area (Å²) in [6, 6.07) is 8.83. The molecule has 2 amide bonds. The summed E-state index contributed by atoms with van der Waals surface area (Å²) in [6.45, 7) is 3.60. The highest BCUT2D eigenvalue weighted by molar-refractivity contribution is 5.82. The van der Waals surface area contributed by atoms with Crippen LogP contribution in [-0.2, 0) is 22.7 Å². The summed E-state index contributed by atoms with van der Waals surface area (Å²) in [5.74, 6) is -2.42. The number of hydrogen-bond acceptors (Lipinski definition) is 6. The largest absolute Gasteiger partial charge is 0.368 e. The Kier molecular flexibility index (Phi) is 6.96. The number of hydrogen-bond donors (Lipinski definition) is 0. The topological polar surface area (TPSA) is 103 Å². The van der Waals surface area contributed by atoms with Crippen molar-refractivity contribution in [2.45, 2.75) is 20.0 Å². The van der Waals surface area contributed by atoms with Crippen molar-refractivity contribution < 1.29 is 18.4 Å². The second kappa shape index (κ2) is 10.1. The first-order valence-electron chi connectivity index (χ1n) is 11.3. The Bertz CT molecular complexity index is 1420. The number of likely N-dealkylation sites (N-methyl/N-ethyl adjacent to an activating group) is 1. The molecule has 4 rings (SSSR count). The molecule has 0 N–H and O–H groups in total. The average Bonchev–Trinajstić information content (AvgIpc) is 2.85. The van der Waals surface area contributed by atoms with E-state index < -0.39 is 23.1 Å². The standard InChI is InChI=1S/C25H24F2N6O3/c1-16(34)31-5-7-32(8-6-31)18-3-4-23-19(11-18)25(36)33(15-29-23)14-24(35)30(2)13-17-9-21(26)20(12-28)22(27)10-17/h3-4,9-11,15H,5-8,13-14H2,1-2H3. The molecular weight excluding hydrogens is 470 g/mol. The number of anilines is 1. The molecule has 0 saturated carbocycles. The van der Waals surface area contributed by atoms with Gasteiger partial charge in [-0.2, -0.15) is 5.26 Å². The smallest absolute Gasteiger partial charge is 0.261 e. The maximum absolute atomic E-state index is 13.9. The van der Waals surface area contributed by atoms with Crippen molar-refractivity contribution >= 4 is 28.4 Å². The van der Waals surface area contributed by atoms with Crippen LogP contribution < -0.4 is 10.5 Å². The fourth-order valence-electron chi connectivity index (χ4n) is 4.19. The number of carbonyl (C=O) groups is 2. The van der Waals surface area contributed by atoms with Crippen molar-refractivity contribution in [3.63, 3.8) is 0 Å². The lowest BCUT2D eigenvalue weighted by Gasteiger charge is -2.35. The van der Waals surface area contributed by atoms with Gasteiger partial charge in [-0.1, -0.05) is 0 Å². The zero-order valence-corrected chi connectivity index (χ0v) is 19.9. The maximum atomic E-state index is 13.9. The van der Waals surface area contributed by atoms with Crippen LogP contribution >= 0.6 is 0 Å². The first-order valence-corrected chi connectivity index (χ1v) is 11.3. The first-order chi connectivity index (χ1) is 17.2.